The van der Waals surface area contributed by atoms with Crippen molar-refractivity contribution in [3.8, 4) is 0 Å². The van der Waals surface area contributed by atoms with Gasteiger partial charge in [-0.3, -0.25) is 0 Å². The molecule has 0 bridgehead atoms. The molecule has 1 aromatic heterocycles. The normalized spacial score (nSPS) is 9.82. The van der Waals surface area contributed by atoms with Crippen molar-refractivity contribution in [3.63, 3.8) is 0 Å². The average molecular weight is 233 g/mol. The first-order valence-electron chi connectivity index (χ1n) is 6.43. The van der Waals surface area contributed by atoms with Gasteiger partial charge in [0.05, 0.1) is 5.69 Å². The summed E-state index contributed by atoms with van der Waals surface area (Å²) < 4.78 is 0. The molecule has 3 nitrogen and oxygen atoms in total. The van der Waals surface area contributed by atoms with E-state index in [2.05, 4.69) is 23.3 Å². The lowest BCUT2D eigenvalue weighted by Crippen LogP contribution is -2.02. The number of anilines is 2. The third kappa shape index (κ3) is 3.16. The molecule has 0 spiro atoms. The molecule has 1 aromatic carbocycles. The molecule has 4 N–H and O–H groups in total. The van der Waals surface area contributed by atoms with Crippen molar-refractivity contribution in [3.05, 3.63) is 24.3 Å². The molecule has 17 heavy (non-hydrogen) atoms. The molecule has 0 atom stereocenters. The lowest BCUT2D eigenvalue weighted by atomic mass is 10.2. The molecule has 0 radical (unpaired) electrons. The fourth-order valence-corrected chi connectivity index (χ4v) is 1.74. The van der Waals surface area contributed by atoms with Crippen molar-refractivity contribution in [2.75, 3.05) is 17.6 Å². The smallest absolute Gasteiger partial charge is 0.125 e. The number of fused-ring (bicyclic) bond motifs is 1. The monoisotopic (exact) mass is 233 g/mol. The quantitative estimate of drug-likeness (QED) is 0.699. The van der Waals surface area contributed by atoms with Gasteiger partial charge in [0.25, 0.3) is 0 Å². The SMILES string of the molecule is CC.CCCCNc1c(N)[nH]c2ccccc12. The van der Waals surface area contributed by atoms with E-state index in [1.54, 1.807) is 0 Å². The Morgan fingerprint density at radius 3 is 2.65 bits per heavy atom. The van der Waals surface area contributed by atoms with E-state index in [-0.39, 0.29) is 0 Å². The molecule has 94 valence electrons. The number of nitrogen functional groups attached to an aromatic ring is 1. The van der Waals surface area contributed by atoms with Crippen molar-refractivity contribution in [2.24, 2.45) is 0 Å². The predicted molar refractivity (Wildman–Crippen MR) is 77.5 cm³/mol. The Balaban J connectivity index is 0.000000686. The summed E-state index contributed by atoms with van der Waals surface area (Å²) in [6.07, 6.45) is 2.36. The predicted octanol–water partition coefficient (Wildman–Crippen LogP) is 3.99. The number of rotatable bonds is 4. The molecule has 0 aliphatic rings. The molecular formula is C14H23N3. The third-order valence-corrected chi connectivity index (χ3v) is 2.57. The maximum absolute atomic E-state index is 5.92. The second-order valence-corrected chi connectivity index (χ2v) is 3.74. The van der Waals surface area contributed by atoms with Gasteiger partial charge in [-0.2, -0.15) is 0 Å². The summed E-state index contributed by atoms with van der Waals surface area (Å²) >= 11 is 0. The molecule has 2 aromatic rings. The van der Waals surface area contributed by atoms with Crippen LogP contribution in [0, 0.1) is 0 Å². The molecule has 0 saturated carbocycles. The Hall–Kier alpha value is -1.64. The largest absolute Gasteiger partial charge is 0.384 e. The van der Waals surface area contributed by atoms with Crippen LogP contribution in [0.3, 0.4) is 0 Å². The standard InChI is InChI=1S/C12H17N3.C2H6/c1-2-3-8-14-11-9-6-4-5-7-10(9)15-12(11)13;1-2/h4-7,14-15H,2-3,8,13H2,1H3;1-2H3. The van der Waals surface area contributed by atoms with Gasteiger partial charge >= 0.3 is 0 Å². The Morgan fingerprint density at radius 2 is 1.94 bits per heavy atom. The molecule has 1 heterocycles. The summed E-state index contributed by atoms with van der Waals surface area (Å²) in [6, 6.07) is 8.15. The fraction of sp³-hybridized carbons (Fsp3) is 0.429. The molecular weight excluding hydrogens is 210 g/mol. The van der Waals surface area contributed by atoms with Crippen LogP contribution in [0.4, 0.5) is 11.5 Å². The van der Waals surface area contributed by atoms with Gasteiger partial charge in [-0.15, -0.1) is 0 Å². The molecule has 3 heteroatoms. The third-order valence-electron chi connectivity index (χ3n) is 2.57. The van der Waals surface area contributed by atoms with Crippen molar-refractivity contribution in [1.29, 1.82) is 0 Å². The van der Waals surface area contributed by atoms with Gasteiger partial charge < -0.3 is 16.0 Å². The highest BCUT2D eigenvalue weighted by Crippen LogP contribution is 2.29. The van der Waals surface area contributed by atoms with Gasteiger partial charge in [0.15, 0.2) is 0 Å². The lowest BCUT2D eigenvalue weighted by Gasteiger charge is -2.04. The van der Waals surface area contributed by atoms with E-state index in [9.17, 15) is 0 Å². The number of nitrogens with two attached hydrogens (primary N) is 1. The van der Waals surface area contributed by atoms with E-state index in [0.29, 0.717) is 0 Å². The second-order valence-electron chi connectivity index (χ2n) is 3.74. The number of para-hydroxylation sites is 1. The number of hydrogen-bond acceptors (Lipinski definition) is 2. The van der Waals surface area contributed by atoms with Crippen LogP contribution in [0.15, 0.2) is 24.3 Å². The van der Waals surface area contributed by atoms with Crippen LogP contribution in [0.2, 0.25) is 0 Å². The zero-order valence-electron chi connectivity index (χ0n) is 11.0. The zero-order valence-corrected chi connectivity index (χ0v) is 11.0. The van der Waals surface area contributed by atoms with E-state index >= 15 is 0 Å². The van der Waals surface area contributed by atoms with E-state index in [1.165, 1.54) is 18.2 Å². The van der Waals surface area contributed by atoms with E-state index in [1.807, 2.05) is 32.0 Å². The van der Waals surface area contributed by atoms with Crippen LogP contribution in [0.5, 0.6) is 0 Å². The van der Waals surface area contributed by atoms with Crippen LogP contribution in [0.1, 0.15) is 33.6 Å². The molecule has 0 unspecified atom stereocenters. The minimum Gasteiger partial charge on any atom is -0.384 e. The molecule has 0 aliphatic heterocycles. The van der Waals surface area contributed by atoms with Crippen molar-refractivity contribution < 1.29 is 0 Å². The lowest BCUT2D eigenvalue weighted by molar-refractivity contribution is 0.835. The molecule has 0 amide bonds. The zero-order chi connectivity index (χ0) is 12.7. The first-order chi connectivity index (χ1) is 8.33. The van der Waals surface area contributed by atoms with Crippen molar-refractivity contribution >= 4 is 22.4 Å². The van der Waals surface area contributed by atoms with Crippen LogP contribution in [-0.4, -0.2) is 11.5 Å². The first-order valence-corrected chi connectivity index (χ1v) is 6.43. The number of aromatic amines is 1. The highest BCUT2D eigenvalue weighted by atomic mass is 15.0. The van der Waals surface area contributed by atoms with Crippen LogP contribution >= 0.6 is 0 Å². The summed E-state index contributed by atoms with van der Waals surface area (Å²) in [4.78, 5) is 3.17. The number of benzene rings is 1. The summed E-state index contributed by atoms with van der Waals surface area (Å²) in [5, 5.41) is 4.55. The fourth-order valence-electron chi connectivity index (χ4n) is 1.74. The molecule has 0 saturated heterocycles. The minimum absolute atomic E-state index is 0.729. The maximum atomic E-state index is 5.92. The van der Waals surface area contributed by atoms with Gasteiger partial charge in [-0.1, -0.05) is 45.4 Å². The summed E-state index contributed by atoms with van der Waals surface area (Å²) in [6.45, 7) is 7.16. The van der Waals surface area contributed by atoms with E-state index in [0.717, 1.165) is 23.6 Å². The number of hydrogen-bond donors (Lipinski definition) is 3. The van der Waals surface area contributed by atoms with Crippen LogP contribution in [0.25, 0.3) is 10.9 Å². The van der Waals surface area contributed by atoms with Gasteiger partial charge in [0.2, 0.25) is 0 Å². The van der Waals surface area contributed by atoms with Crippen molar-refractivity contribution in [1.82, 2.24) is 4.98 Å². The summed E-state index contributed by atoms with van der Waals surface area (Å²) in [7, 11) is 0. The van der Waals surface area contributed by atoms with Gasteiger partial charge in [0.1, 0.15) is 5.82 Å². The van der Waals surface area contributed by atoms with Crippen LogP contribution in [-0.2, 0) is 0 Å². The number of H-pyrrole nitrogens is 1. The Kier molecular flexibility index (Phi) is 5.40. The van der Waals surface area contributed by atoms with Gasteiger partial charge in [-0.05, 0) is 12.5 Å². The maximum Gasteiger partial charge on any atom is 0.125 e. The highest BCUT2D eigenvalue weighted by Gasteiger charge is 2.06. The van der Waals surface area contributed by atoms with Crippen LogP contribution < -0.4 is 11.1 Å². The van der Waals surface area contributed by atoms with Gasteiger partial charge in [0, 0.05) is 17.4 Å². The Bertz CT molecular complexity index is 446. The molecule has 0 aliphatic carbocycles. The highest BCUT2D eigenvalue weighted by molar-refractivity contribution is 5.98. The Morgan fingerprint density at radius 1 is 1.24 bits per heavy atom. The van der Waals surface area contributed by atoms with Gasteiger partial charge in [-0.25, -0.2) is 0 Å². The number of aromatic nitrogens is 1. The minimum atomic E-state index is 0.729. The average Bonchev–Trinajstić information content (AvgIpc) is 2.69. The molecule has 2 rings (SSSR count). The Labute approximate surface area is 103 Å². The first kappa shape index (κ1) is 13.4. The number of unbranched alkanes of at least 4 members (excludes halogenated alkanes) is 1. The summed E-state index contributed by atoms with van der Waals surface area (Å²) in [5.74, 6) is 0.729. The topological polar surface area (TPSA) is 53.8 Å². The van der Waals surface area contributed by atoms with E-state index in [4.69, 9.17) is 5.73 Å². The van der Waals surface area contributed by atoms with E-state index < -0.39 is 0 Å². The summed E-state index contributed by atoms with van der Waals surface area (Å²) in [5.41, 5.74) is 8.05. The molecule has 0 fully saturated rings. The second kappa shape index (κ2) is 6.84. The van der Waals surface area contributed by atoms with Crippen molar-refractivity contribution in [2.45, 2.75) is 33.6 Å². The number of nitrogens with one attached hydrogen (secondary N) is 2.